The van der Waals surface area contributed by atoms with Crippen LogP contribution in [0.4, 0.5) is 0 Å². The van der Waals surface area contributed by atoms with Gasteiger partial charge in [-0.1, -0.05) is 18.2 Å². The number of rotatable bonds is 6. The summed E-state index contributed by atoms with van der Waals surface area (Å²) in [6, 6.07) is 7.36. The molecule has 0 spiro atoms. The number of hydrogen-bond acceptors (Lipinski definition) is 5. The summed E-state index contributed by atoms with van der Waals surface area (Å²) in [5.74, 6) is -0.569. The van der Waals surface area contributed by atoms with Gasteiger partial charge in [0.25, 0.3) is 0 Å². The van der Waals surface area contributed by atoms with Crippen molar-refractivity contribution in [3.8, 4) is 5.75 Å². The van der Waals surface area contributed by atoms with Gasteiger partial charge in [-0.05, 0) is 17.7 Å². The SMILES string of the molecule is C=CCN(Cc1ccc(OC)cc1)/C(=N/n1cncn1)C(=O)O. The Morgan fingerprint density at radius 1 is 1.48 bits per heavy atom. The first-order valence-corrected chi connectivity index (χ1v) is 6.79. The Morgan fingerprint density at radius 2 is 2.22 bits per heavy atom. The van der Waals surface area contributed by atoms with Gasteiger partial charge in [-0.3, -0.25) is 0 Å². The molecule has 0 aliphatic heterocycles. The summed E-state index contributed by atoms with van der Waals surface area (Å²) in [6.45, 7) is 4.35. The first kappa shape index (κ1) is 16.2. The Hall–Kier alpha value is -3.16. The van der Waals surface area contributed by atoms with Crippen molar-refractivity contribution in [1.82, 2.24) is 19.8 Å². The van der Waals surface area contributed by atoms with Crippen molar-refractivity contribution in [3.05, 3.63) is 55.1 Å². The van der Waals surface area contributed by atoms with E-state index >= 15 is 0 Å². The predicted octanol–water partition coefficient (Wildman–Crippen LogP) is 1.22. The van der Waals surface area contributed by atoms with Crippen molar-refractivity contribution >= 4 is 11.8 Å². The summed E-state index contributed by atoms with van der Waals surface area (Å²) < 4.78 is 5.11. The van der Waals surface area contributed by atoms with Crippen LogP contribution in [0.5, 0.6) is 5.75 Å². The summed E-state index contributed by atoms with van der Waals surface area (Å²) >= 11 is 0. The van der Waals surface area contributed by atoms with E-state index in [-0.39, 0.29) is 5.84 Å². The Morgan fingerprint density at radius 3 is 2.74 bits per heavy atom. The van der Waals surface area contributed by atoms with Gasteiger partial charge in [-0.2, -0.15) is 0 Å². The van der Waals surface area contributed by atoms with Crippen LogP contribution in [0.25, 0.3) is 0 Å². The highest BCUT2D eigenvalue weighted by molar-refractivity contribution is 6.34. The second-order valence-corrected chi connectivity index (χ2v) is 4.56. The van der Waals surface area contributed by atoms with Crippen molar-refractivity contribution in [2.24, 2.45) is 5.10 Å². The minimum atomic E-state index is -1.16. The number of aromatic nitrogens is 3. The third-order valence-electron chi connectivity index (χ3n) is 2.98. The van der Waals surface area contributed by atoms with Gasteiger partial charge in [0.1, 0.15) is 18.4 Å². The molecule has 0 aliphatic carbocycles. The van der Waals surface area contributed by atoms with Crippen LogP contribution in [0.15, 0.2) is 54.7 Å². The summed E-state index contributed by atoms with van der Waals surface area (Å²) in [4.78, 5) is 18.0. The molecule has 0 saturated heterocycles. The zero-order chi connectivity index (χ0) is 16.7. The summed E-state index contributed by atoms with van der Waals surface area (Å²) in [5, 5.41) is 17.2. The topological polar surface area (TPSA) is 92.8 Å². The van der Waals surface area contributed by atoms with E-state index in [9.17, 15) is 9.90 Å². The molecule has 0 unspecified atom stereocenters. The normalized spacial score (nSPS) is 11.1. The Balaban J connectivity index is 2.26. The lowest BCUT2D eigenvalue weighted by Gasteiger charge is -2.22. The van der Waals surface area contributed by atoms with E-state index in [2.05, 4.69) is 21.8 Å². The fourth-order valence-electron chi connectivity index (χ4n) is 1.93. The fraction of sp³-hybridized carbons (Fsp3) is 0.200. The molecule has 0 radical (unpaired) electrons. The molecule has 0 aliphatic rings. The molecule has 2 aromatic rings. The highest BCUT2D eigenvalue weighted by atomic mass is 16.5. The number of carbonyl (C=O) groups is 1. The van der Waals surface area contributed by atoms with Crippen LogP contribution in [0.2, 0.25) is 0 Å². The largest absolute Gasteiger partial charge is 0.497 e. The van der Waals surface area contributed by atoms with E-state index in [0.717, 1.165) is 16.1 Å². The van der Waals surface area contributed by atoms with E-state index in [1.54, 1.807) is 18.1 Å². The quantitative estimate of drug-likeness (QED) is 0.489. The number of methoxy groups -OCH3 is 1. The van der Waals surface area contributed by atoms with Gasteiger partial charge in [-0.15, -0.1) is 21.6 Å². The number of carboxylic acid groups (broad SMARTS) is 1. The molecule has 8 nitrogen and oxygen atoms in total. The molecule has 0 saturated carbocycles. The third-order valence-corrected chi connectivity index (χ3v) is 2.98. The summed E-state index contributed by atoms with van der Waals surface area (Å²) in [5.41, 5.74) is 0.917. The van der Waals surface area contributed by atoms with Crippen LogP contribution < -0.4 is 4.74 Å². The smallest absolute Gasteiger partial charge is 0.373 e. The zero-order valence-corrected chi connectivity index (χ0v) is 12.7. The molecule has 0 atom stereocenters. The standard InChI is InChI=1S/C15H17N5O3/c1-3-8-19(9-12-4-6-13(23-2)7-5-12)14(15(21)22)18-20-11-16-10-17-20/h3-7,10-11H,1,8-9H2,2H3,(H,21,22)/b18-14+. The van der Waals surface area contributed by atoms with Crippen molar-refractivity contribution in [1.29, 1.82) is 0 Å². The molecule has 8 heteroatoms. The molecule has 1 heterocycles. The van der Waals surface area contributed by atoms with E-state index in [4.69, 9.17) is 4.74 Å². The second-order valence-electron chi connectivity index (χ2n) is 4.56. The van der Waals surface area contributed by atoms with E-state index in [0.29, 0.717) is 13.1 Å². The number of benzene rings is 1. The second kappa shape index (κ2) is 7.74. The zero-order valence-electron chi connectivity index (χ0n) is 12.7. The molecule has 2 rings (SSSR count). The number of ether oxygens (including phenoxy) is 1. The first-order chi connectivity index (χ1) is 11.1. The molecule has 0 bridgehead atoms. The lowest BCUT2D eigenvalue weighted by molar-refractivity contribution is -0.130. The highest BCUT2D eigenvalue weighted by Gasteiger charge is 2.19. The number of hydrogen-bond donors (Lipinski definition) is 1. The first-order valence-electron chi connectivity index (χ1n) is 6.79. The van der Waals surface area contributed by atoms with Gasteiger partial charge in [0.05, 0.1) is 7.11 Å². The van der Waals surface area contributed by atoms with Crippen LogP contribution in [0.3, 0.4) is 0 Å². The lowest BCUT2D eigenvalue weighted by Crippen LogP contribution is -2.37. The number of nitrogens with zero attached hydrogens (tertiary/aromatic N) is 5. The van der Waals surface area contributed by atoms with Crippen LogP contribution in [0, 0.1) is 0 Å². The lowest BCUT2D eigenvalue weighted by atomic mass is 10.2. The van der Waals surface area contributed by atoms with Crippen molar-refractivity contribution in [2.75, 3.05) is 13.7 Å². The van der Waals surface area contributed by atoms with Crippen LogP contribution >= 0.6 is 0 Å². The molecular formula is C15H17N5O3. The minimum absolute atomic E-state index is 0.147. The average molecular weight is 315 g/mol. The van der Waals surface area contributed by atoms with Gasteiger partial charge in [0.15, 0.2) is 0 Å². The molecular weight excluding hydrogens is 298 g/mol. The van der Waals surface area contributed by atoms with Crippen LogP contribution in [0.1, 0.15) is 5.56 Å². The van der Waals surface area contributed by atoms with Gasteiger partial charge < -0.3 is 14.7 Å². The van der Waals surface area contributed by atoms with Crippen LogP contribution in [-0.4, -0.2) is 50.3 Å². The Labute approximate surface area is 133 Å². The number of carboxylic acids is 1. The number of aliphatic carboxylic acids is 1. The van der Waals surface area contributed by atoms with Gasteiger partial charge in [0, 0.05) is 13.1 Å². The molecule has 0 fully saturated rings. The number of amidine groups is 1. The predicted molar refractivity (Wildman–Crippen MR) is 84.1 cm³/mol. The molecule has 0 amide bonds. The average Bonchev–Trinajstić information content (AvgIpc) is 3.06. The molecule has 23 heavy (non-hydrogen) atoms. The minimum Gasteiger partial charge on any atom is -0.497 e. The molecule has 1 aromatic carbocycles. The molecule has 120 valence electrons. The monoisotopic (exact) mass is 315 g/mol. The highest BCUT2D eigenvalue weighted by Crippen LogP contribution is 2.13. The molecule has 1 N–H and O–H groups in total. The molecule has 1 aromatic heterocycles. The van der Waals surface area contributed by atoms with E-state index < -0.39 is 5.97 Å². The van der Waals surface area contributed by atoms with Gasteiger partial charge >= 0.3 is 5.97 Å². The maximum atomic E-state index is 11.5. The Bertz CT molecular complexity index is 680. The maximum Gasteiger partial charge on any atom is 0.373 e. The van der Waals surface area contributed by atoms with Crippen molar-refractivity contribution < 1.29 is 14.6 Å². The maximum absolute atomic E-state index is 11.5. The Kier molecular flexibility index (Phi) is 5.45. The van der Waals surface area contributed by atoms with Gasteiger partial charge in [-0.25, -0.2) is 9.78 Å². The van der Waals surface area contributed by atoms with Crippen molar-refractivity contribution in [3.63, 3.8) is 0 Å². The summed E-state index contributed by atoms with van der Waals surface area (Å²) in [6.07, 6.45) is 4.22. The fourth-order valence-corrected chi connectivity index (χ4v) is 1.93. The third kappa shape index (κ3) is 4.40. The van der Waals surface area contributed by atoms with Gasteiger partial charge in [0.2, 0.25) is 5.84 Å². The van der Waals surface area contributed by atoms with E-state index in [1.807, 2.05) is 24.3 Å². The van der Waals surface area contributed by atoms with Crippen molar-refractivity contribution in [2.45, 2.75) is 6.54 Å². The van der Waals surface area contributed by atoms with E-state index in [1.165, 1.54) is 12.7 Å². The summed E-state index contributed by atoms with van der Waals surface area (Å²) in [7, 11) is 1.59. The van der Waals surface area contributed by atoms with Crippen LogP contribution in [-0.2, 0) is 11.3 Å².